The Hall–Kier alpha value is -2.80. The minimum atomic E-state index is -4.41. The second kappa shape index (κ2) is 10.9. The van der Waals surface area contributed by atoms with Gasteiger partial charge in [-0.25, -0.2) is 0 Å². The summed E-state index contributed by atoms with van der Waals surface area (Å²) in [5.74, 6) is 0.360. The van der Waals surface area contributed by atoms with Gasteiger partial charge in [0.25, 0.3) is 0 Å². The SMILES string of the molecule is CCC(C)c1ccc(C2CCCN(Cc3ccccc3C(F)(F)F)C2)c(-c2ccc(C(F)(F)F)cc2)c1. The Morgan fingerprint density at radius 2 is 1.59 bits per heavy atom. The van der Waals surface area contributed by atoms with Crippen LogP contribution in [-0.2, 0) is 18.9 Å². The van der Waals surface area contributed by atoms with Crippen LogP contribution in [0.4, 0.5) is 26.3 Å². The molecular weight excluding hydrogens is 488 g/mol. The molecule has 1 heterocycles. The molecule has 0 saturated carbocycles. The molecule has 0 bridgehead atoms. The third kappa shape index (κ3) is 6.38. The molecule has 1 fully saturated rings. The first-order valence-electron chi connectivity index (χ1n) is 12.7. The fraction of sp³-hybridized carbons (Fsp3) is 0.400. The van der Waals surface area contributed by atoms with E-state index >= 15 is 0 Å². The Morgan fingerprint density at radius 3 is 2.24 bits per heavy atom. The minimum absolute atomic E-state index is 0.0649. The zero-order valence-electron chi connectivity index (χ0n) is 21.0. The first-order chi connectivity index (χ1) is 17.5. The number of benzene rings is 3. The van der Waals surface area contributed by atoms with Gasteiger partial charge in [0.1, 0.15) is 0 Å². The molecule has 3 aromatic carbocycles. The fourth-order valence-electron chi connectivity index (χ4n) is 5.19. The lowest BCUT2D eigenvalue weighted by Crippen LogP contribution is -2.34. The molecule has 1 aliphatic rings. The normalized spacial score (nSPS) is 18.1. The molecule has 0 aliphatic carbocycles. The van der Waals surface area contributed by atoms with Crippen molar-refractivity contribution in [1.82, 2.24) is 4.90 Å². The maximum atomic E-state index is 13.5. The van der Waals surface area contributed by atoms with Gasteiger partial charge < -0.3 is 0 Å². The summed E-state index contributed by atoms with van der Waals surface area (Å²) >= 11 is 0. The lowest BCUT2D eigenvalue weighted by atomic mass is 9.83. The molecule has 3 aromatic rings. The van der Waals surface area contributed by atoms with E-state index in [1.807, 2.05) is 0 Å². The lowest BCUT2D eigenvalue weighted by Gasteiger charge is -2.34. The van der Waals surface area contributed by atoms with Crippen molar-refractivity contribution in [1.29, 1.82) is 0 Å². The summed E-state index contributed by atoms with van der Waals surface area (Å²) in [6.45, 7) is 5.69. The van der Waals surface area contributed by atoms with Gasteiger partial charge in [0.2, 0.25) is 0 Å². The molecule has 37 heavy (non-hydrogen) atoms. The molecule has 7 heteroatoms. The molecule has 1 nitrogen and oxygen atoms in total. The topological polar surface area (TPSA) is 3.24 Å². The van der Waals surface area contributed by atoms with E-state index < -0.39 is 23.5 Å². The van der Waals surface area contributed by atoms with Gasteiger partial charge in [-0.3, -0.25) is 4.90 Å². The van der Waals surface area contributed by atoms with Crippen molar-refractivity contribution in [3.63, 3.8) is 0 Å². The zero-order valence-corrected chi connectivity index (χ0v) is 21.0. The summed E-state index contributed by atoms with van der Waals surface area (Å²) in [7, 11) is 0. The van der Waals surface area contributed by atoms with Crippen LogP contribution in [0.1, 0.15) is 72.8 Å². The van der Waals surface area contributed by atoms with Crippen molar-refractivity contribution in [2.45, 2.75) is 63.8 Å². The summed E-state index contributed by atoms with van der Waals surface area (Å²) in [4.78, 5) is 2.05. The molecule has 2 atom stereocenters. The van der Waals surface area contributed by atoms with Crippen molar-refractivity contribution >= 4 is 0 Å². The number of nitrogens with zero attached hydrogens (tertiary/aromatic N) is 1. The number of likely N-dealkylation sites (tertiary alicyclic amines) is 1. The van der Waals surface area contributed by atoms with Gasteiger partial charge in [0.15, 0.2) is 0 Å². The third-order valence-electron chi connectivity index (χ3n) is 7.44. The van der Waals surface area contributed by atoms with E-state index in [1.165, 1.54) is 24.3 Å². The second-order valence-corrected chi connectivity index (χ2v) is 9.96. The van der Waals surface area contributed by atoms with Gasteiger partial charge in [0.05, 0.1) is 11.1 Å². The van der Waals surface area contributed by atoms with Crippen LogP contribution in [0.5, 0.6) is 0 Å². The van der Waals surface area contributed by atoms with E-state index in [2.05, 4.69) is 36.9 Å². The van der Waals surface area contributed by atoms with Crippen LogP contribution in [0.15, 0.2) is 66.7 Å². The highest BCUT2D eigenvalue weighted by Crippen LogP contribution is 2.39. The van der Waals surface area contributed by atoms with Crippen molar-refractivity contribution < 1.29 is 26.3 Å². The number of piperidine rings is 1. The van der Waals surface area contributed by atoms with Gasteiger partial charge in [-0.05, 0) is 83.7 Å². The van der Waals surface area contributed by atoms with Gasteiger partial charge in [-0.15, -0.1) is 0 Å². The van der Waals surface area contributed by atoms with Crippen molar-refractivity contribution in [3.05, 3.63) is 94.5 Å². The fourth-order valence-corrected chi connectivity index (χ4v) is 5.19. The van der Waals surface area contributed by atoms with Gasteiger partial charge in [-0.2, -0.15) is 26.3 Å². The molecule has 198 valence electrons. The standard InChI is InChI=1S/C30H31F6N/c1-3-20(2)22-12-15-26(27(17-22)21-10-13-25(14-11-21)29(31,32)33)23-8-6-16-37(18-23)19-24-7-4-5-9-28(24)30(34,35)36/h4-5,7,9-15,17,20,23H,3,6,8,16,18-19H2,1-2H3. The largest absolute Gasteiger partial charge is 0.416 e. The number of halogens is 6. The van der Waals surface area contributed by atoms with Gasteiger partial charge in [-0.1, -0.05) is 62.4 Å². The number of alkyl halides is 6. The molecule has 0 radical (unpaired) electrons. The predicted octanol–water partition coefficient (Wildman–Crippen LogP) is 9.28. The summed E-state index contributed by atoms with van der Waals surface area (Å²) in [5, 5.41) is 0. The van der Waals surface area contributed by atoms with Crippen molar-refractivity contribution in [2.24, 2.45) is 0 Å². The molecule has 2 unspecified atom stereocenters. The molecule has 0 amide bonds. The third-order valence-corrected chi connectivity index (χ3v) is 7.44. The van der Waals surface area contributed by atoms with E-state index in [-0.39, 0.29) is 18.0 Å². The first-order valence-corrected chi connectivity index (χ1v) is 12.7. The average molecular weight is 520 g/mol. The maximum absolute atomic E-state index is 13.5. The summed E-state index contributed by atoms with van der Waals surface area (Å²) in [6, 6.07) is 17.1. The maximum Gasteiger partial charge on any atom is 0.416 e. The van der Waals surface area contributed by atoms with Crippen LogP contribution in [-0.4, -0.2) is 18.0 Å². The lowest BCUT2D eigenvalue weighted by molar-refractivity contribution is -0.139. The van der Waals surface area contributed by atoms with Crippen LogP contribution >= 0.6 is 0 Å². The Balaban J connectivity index is 1.65. The Bertz CT molecular complexity index is 1200. The van der Waals surface area contributed by atoms with Crippen LogP contribution in [0.2, 0.25) is 0 Å². The smallest absolute Gasteiger partial charge is 0.298 e. The van der Waals surface area contributed by atoms with Crippen molar-refractivity contribution in [2.75, 3.05) is 13.1 Å². The molecule has 0 aromatic heterocycles. The Kier molecular flexibility index (Phi) is 8.02. The van der Waals surface area contributed by atoms with Gasteiger partial charge in [0, 0.05) is 13.1 Å². The highest BCUT2D eigenvalue weighted by atomic mass is 19.4. The molecule has 1 saturated heterocycles. The summed E-state index contributed by atoms with van der Waals surface area (Å²) in [6.07, 6.45) is -6.18. The molecule has 0 spiro atoms. The molecular formula is C30H31F6N. The monoisotopic (exact) mass is 519 g/mol. The Labute approximate surface area is 214 Å². The number of hydrogen-bond acceptors (Lipinski definition) is 1. The first kappa shape index (κ1) is 27.2. The number of hydrogen-bond donors (Lipinski definition) is 0. The van der Waals surface area contributed by atoms with E-state index in [0.29, 0.717) is 24.6 Å². The van der Waals surface area contributed by atoms with Crippen LogP contribution in [0, 0.1) is 0 Å². The zero-order chi connectivity index (χ0) is 26.8. The van der Waals surface area contributed by atoms with Crippen LogP contribution in [0.3, 0.4) is 0 Å². The summed E-state index contributed by atoms with van der Waals surface area (Å²) in [5.41, 5.74) is 2.71. The Morgan fingerprint density at radius 1 is 0.892 bits per heavy atom. The predicted molar refractivity (Wildman–Crippen MR) is 134 cm³/mol. The average Bonchev–Trinajstić information content (AvgIpc) is 2.87. The molecule has 1 aliphatic heterocycles. The van der Waals surface area contributed by atoms with Crippen LogP contribution < -0.4 is 0 Å². The molecule has 4 rings (SSSR count). The van der Waals surface area contributed by atoms with E-state index in [0.717, 1.165) is 54.2 Å². The summed E-state index contributed by atoms with van der Waals surface area (Å²) < 4.78 is 80.1. The number of rotatable bonds is 6. The highest BCUT2D eigenvalue weighted by Gasteiger charge is 2.34. The van der Waals surface area contributed by atoms with Crippen molar-refractivity contribution in [3.8, 4) is 11.1 Å². The van der Waals surface area contributed by atoms with Crippen LogP contribution in [0.25, 0.3) is 11.1 Å². The van der Waals surface area contributed by atoms with Gasteiger partial charge >= 0.3 is 12.4 Å². The highest BCUT2D eigenvalue weighted by molar-refractivity contribution is 5.69. The molecule has 0 N–H and O–H groups in total. The quantitative estimate of drug-likeness (QED) is 0.293. The van der Waals surface area contributed by atoms with E-state index in [4.69, 9.17) is 0 Å². The van der Waals surface area contributed by atoms with E-state index in [1.54, 1.807) is 6.07 Å². The second-order valence-electron chi connectivity index (χ2n) is 9.96. The minimum Gasteiger partial charge on any atom is -0.298 e. The van der Waals surface area contributed by atoms with E-state index in [9.17, 15) is 26.3 Å².